The van der Waals surface area contributed by atoms with Gasteiger partial charge < -0.3 is 0 Å². The average molecular weight is 336 g/mol. The van der Waals surface area contributed by atoms with Crippen LogP contribution in [-0.2, 0) is 6.18 Å². The van der Waals surface area contributed by atoms with E-state index in [1.165, 1.54) is 18.2 Å². The fourth-order valence-corrected chi connectivity index (χ4v) is 2.28. The summed E-state index contributed by atoms with van der Waals surface area (Å²) in [5, 5.41) is 11.2. The quantitative estimate of drug-likeness (QED) is 0.530. The zero-order valence-electron chi connectivity index (χ0n) is 10.1. The van der Waals surface area contributed by atoms with Crippen LogP contribution in [0.15, 0.2) is 36.4 Å². The summed E-state index contributed by atoms with van der Waals surface area (Å²) < 4.78 is 38.4. The number of hydrogen-bond acceptors (Lipinski definition) is 2. The van der Waals surface area contributed by atoms with E-state index < -0.39 is 22.4 Å². The molecule has 8 heteroatoms. The number of alkyl halides is 3. The number of nitro groups is 1. The molecule has 0 saturated carbocycles. The van der Waals surface area contributed by atoms with Crippen LogP contribution in [-0.4, -0.2) is 4.92 Å². The molecule has 0 heterocycles. The van der Waals surface area contributed by atoms with Crippen molar-refractivity contribution in [2.45, 2.75) is 6.18 Å². The van der Waals surface area contributed by atoms with Crippen LogP contribution in [0, 0.1) is 10.1 Å². The SMILES string of the molecule is O=[N+]([O-])c1cc(-c2ccc(Cl)cc2Cl)cc(C(F)(F)F)c1. The molecule has 0 unspecified atom stereocenters. The first kappa shape index (κ1) is 15.6. The van der Waals surface area contributed by atoms with Gasteiger partial charge in [0.15, 0.2) is 0 Å². The molecule has 0 saturated heterocycles. The lowest BCUT2D eigenvalue weighted by atomic mass is 10.0. The minimum Gasteiger partial charge on any atom is -0.258 e. The van der Waals surface area contributed by atoms with E-state index in [1.54, 1.807) is 0 Å². The number of rotatable bonds is 2. The van der Waals surface area contributed by atoms with Gasteiger partial charge in [0.2, 0.25) is 0 Å². The molecule has 0 atom stereocenters. The average Bonchev–Trinajstić information content (AvgIpc) is 2.37. The van der Waals surface area contributed by atoms with Crippen LogP contribution in [0.4, 0.5) is 18.9 Å². The van der Waals surface area contributed by atoms with E-state index in [1.807, 2.05) is 0 Å². The molecule has 2 aromatic carbocycles. The summed E-state index contributed by atoms with van der Waals surface area (Å²) in [7, 11) is 0. The van der Waals surface area contributed by atoms with Crippen molar-refractivity contribution in [3.8, 4) is 11.1 Å². The molecule has 0 aliphatic rings. The van der Waals surface area contributed by atoms with Crippen molar-refractivity contribution in [3.05, 3.63) is 62.1 Å². The predicted molar refractivity (Wildman–Crippen MR) is 73.6 cm³/mol. The van der Waals surface area contributed by atoms with Crippen molar-refractivity contribution in [2.75, 3.05) is 0 Å². The first-order valence-electron chi connectivity index (χ1n) is 5.50. The van der Waals surface area contributed by atoms with Crippen molar-refractivity contribution in [2.24, 2.45) is 0 Å². The molecular weight excluding hydrogens is 330 g/mol. The standard InChI is InChI=1S/C13H6Cl2F3NO2/c14-9-1-2-11(12(15)6-9)7-3-8(13(16,17)18)5-10(4-7)19(20)21/h1-6H. The predicted octanol–water partition coefficient (Wildman–Crippen LogP) is 5.59. The van der Waals surface area contributed by atoms with Gasteiger partial charge in [-0.2, -0.15) is 13.2 Å². The van der Waals surface area contributed by atoms with Gasteiger partial charge in [0, 0.05) is 27.7 Å². The molecule has 2 aromatic rings. The number of nitro benzene ring substituents is 1. The summed E-state index contributed by atoms with van der Waals surface area (Å²) in [6.45, 7) is 0. The molecular formula is C13H6Cl2F3NO2. The molecule has 0 fully saturated rings. The molecule has 0 aliphatic carbocycles. The van der Waals surface area contributed by atoms with Crippen LogP contribution >= 0.6 is 23.2 Å². The van der Waals surface area contributed by atoms with Crippen LogP contribution < -0.4 is 0 Å². The molecule has 0 N–H and O–H groups in total. The number of benzene rings is 2. The Morgan fingerprint density at radius 3 is 2.24 bits per heavy atom. The Kier molecular flexibility index (Phi) is 4.11. The van der Waals surface area contributed by atoms with Crippen molar-refractivity contribution in [1.29, 1.82) is 0 Å². The van der Waals surface area contributed by atoms with Gasteiger partial charge in [-0.05, 0) is 23.8 Å². The first-order chi connectivity index (χ1) is 9.68. The Hall–Kier alpha value is -1.79. The molecule has 0 spiro atoms. The number of halogens is 5. The molecule has 2 rings (SSSR count). The second kappa shape index (κ2) is 5.54. The topological polar surface area (TPSA) is 43.1 Å². The number of non-ortho nitro benzene ring substituents is 1. The lowest BCUT2D eigenvalue weighted by Crippen LogP contribution is -2.06. The molecule has 0 amide bonds. The van der Waals surface area contributed by atoms with Crippen molar-refractivity contribution in [3.63, 3.8) is 0 Å². The zero-order chi connectivity index (χ0) is 15.8. The van der Waals surface area contributed by atoms with Gasteiger partial charge in [-0.3, -0.25) is 10.1 Å². The van der Waals surface area contributed by atoms with Crippen molar-refractivity contribution < 1.29 is 18.1 Å². The first-order valence-corrected chi connectivity index (χ1v) is 6.26. The maximum absolute atomic E-state index is 12.8. The van der Waals surface area contributed by atoms with Gasteiger partial charge >= 0.3 is 6.18 Å². The van der Waals surface area contributed by atoms with Crippen LogP contribution in [0.25, 0.3) is 11.1 Å². The van der Waals surface area contributed by atoms with E-state index in [0.29, 0.717) is 11.1 Å². The lowest BCUT2D eigenvalue weighted by Gasteiger charge is -2.10. The summed E-state index contributed by atoms with van der Waals surface area (Å²) in [5.74, 6) is 0. The van der Waals surface area contributed by atoms with E-state index in [4.69, 9.17) is 23.2 Å². The third-order valence-electron chi connectivity index (χ3n) is 2.70. The van der Waals surface area contributed by atoms with Crippen LogP contribution in [0.3, 0.4) is 0 Å². The highest BCUT2D eigenvalue weighted by Gasteiger charge is 2.33. The maximum atomic E-state index is 12.8. The van der Waals surface area contributed by atoms with E-state index in [2.05, 4.69) is 0 Å². The summed E-state index contributed by atoms with van der Waals surface area (Å²) in [4.78, 5) is 9.90. The van der Waals surface area contributed by atoms with E-state index in [9.17, 15) is 23.3 Å². The van der Waals surface area contributed by atoms with Crippen LogP contribution in [0.1, 0.15) is 5.56 Å². The molecule has 0 bridgehead atoms. The smallest absolute Gasteiger partial charge is 0.258 e. The fraction of sp³-hybridized carbons (Fsp3) is 0.0769. The van der Waals surface area contributed by atoms with Gasteiger partial charge in [-0.1, -0.05) is 29.3 Å². The van der Waals surface area contributed by atoms with Gasteiger partial charge in [0.25, 0.3) is 5.69 Å². The van der Waals surface area contributed by atoms with Gasteiger partial charge in [-0.15, -0.1) is 0 Å². The second-order valence-electron chi connectivity index (χ2n) is 4.15. The van der Waals surface area contributed by atoms with Crippen LogP contribution in [0.2, 0.25) is 10.0 Å². The summed E-state index contributed by atoms with van der Waals surface area (Å²) in [5.41, 5.74) is -1.54. The Bertz CT molecular complexity index is 717. The Labute approximate surface area is 127 Å². The highest BCUT2D eigenvalue weighted by atomic mass is 35.5. The monoisotopic (exact) mass is 335 g/mol. The zero-order valence-corrected chi connectivity index (χ0v) is 11.6. The minimum absolute atomic E-state index is 0.00167. The van der Waals surface area contributed by atoms with Gasteiger partial charge in [0.1, 0.15) is 0 Å². The van der Waals surface area contributed by atoms with E-state index >= 15 is 0 Å². The summed E-state index contributed by atoms with van der Waals surface area (Å²) in [6, 6.07) is 6.52. The van der Waals surface area contributed by atoms with Gasteiger partial charge in [-0.25, -0.2) is 0 Å². The number of nitrogens with zero attached hydrogens (tertiary/aromatic N) is 1. The minimum atomic E-state index is -4.69. The molecule has 21 heavy (non-hydrogen) atoms. The van der Waals surface area contributed by atoms with Gasteiger partial charge in [0.05, 0.1) is 10.5 Å². The Morgan fingerprint density at radius 2 is 1.71 bits per heavy atom. The highest BCUT2D eigenvalue weighted by Crippen LogP contribution is 2.38. The Morgan fingerprint density at radius 1 is 1.05 bits per heavy atom. The Balaban J connectivity index is 2.68. The largest absolute Gasteiger partial charge is 0.416 e. The van der Waals surface area contributed by atoms with Crippen LogP contribution in [0.5, 0.6) is 0 Å². The number of hydrogen-bond donors (Lipinski definition) is 0. The van der Waals surface area contributed by atoms with E-state index in [-0.39, 0.29) is 16.1 Å². The molecule has 110 valence electrons. The summed E-state index contributed by atoms with van der Waals surface area (Å²) in [6.07, 6.45) is -4.69. The highest BCUT2D eigenvalue weighted by molar-refractivity contribution is 6.36. The van der Waals surface area contributed by atoms with Crippen molar-refractivity contribution >= 4 is 28.9 Å². The molecule has 0 aromatic heterocycles. The molecule has 0 aliphatic heterocycles. The molecule has 0 radical (unpaired) electrons. The third-order valence-corrected chi connectivity index (χ3v) is 3.25. The second-order valence-corrected chi connectivity index (χ2v) is 4.99. The fourth-order valence-electron chi connectivity index (χ4n) is 1.76. The van der Waals surface area contributed by atoms with E-state index in [0.717, 1.165) is 12.1 Å². The molecule has 3 nitrogen and oxygen atoms in total. The lowest BCUT2D eigenvalue weighted by molar-refractivity contribution is -0.385. The van der Waals surface area contributed by atoms with Crippen molar-refractivity contribution in [1.82, 2.24) is 0 Å². The normalized spacial score (nSPS) is 11.5. The maximum Gasteiger partial charge on any atom is 0.416 e. The summed E-state index contributed by atoms with van der Waals surface area (Å²) >= 11 is 11.6. The third kappa shape index (κ3) is 3.46.